The van der Waals surface area contributed by atoms with Crippen LogP contribution in [0.25, 0.3) is 10.9 Å². The van der Waals surface area contributed by atoms with Gasteiger partial charge in [0.15, 0.2) is 0 Å². The average Bonchev–Trinajstić information content (AvgIpc) is 2.50. The second-order valence-corrected chi connectivity index (χ2v) is 5.65. The molecule has 0 saturated carbocycles. The van der Waals surface area contributed by atoms with Gasteiger partial charge in [-0.2, -0.15) is 0 Å². The molecule has 1 unspecified atom stereocenters. The fourth-order valence-electron chi connectivity index (χ4n) is 2.43. The fraction of sp³-hybridized carbons (Fsp3) is 0.118. The zero-order valence-corrected chi connectivity index (χ0v) is 12.8. The predicted octanol–water partition coefficient (Wildman–Crippen LogP) is 4.31. The van der Waals surface area contributed by atoms with Crippen LogP contribution in [-0.2, 0) is 0 Å². The summed E-state index contributed by atoms with van der Waals surface area (Å²) in [6.45, 7) is 0. The maximum absolute atomic E-state index is 4.54. The number of nitrogens with one attached hydrogen (secondary N) is 1. The Morgan fingerprint density at radius 1 is 1.00 bits per heavy atom. The number of halogens is 1. The van der Waals surface area contributed by atoms with Crippen LogP contribution in [0.5, 0.6) is 0 Å². The molecule has 1 heterocycles. The molecule has 0 bridgehead atoms. The molecule has 0 aliphatic heterocycles. The van der Waals surface area contributed by atoms with Crippen LogP contribution in [0.2, 0.25) is 0 Å². The van der Waals surface area contributed by atoms with Crippen LogP contribution in [-0.4, -0.2) is 12.0 Å². The summed E-state index contributed by atoms with van der Waals surface area (Å²) in [7, 11) is 1.97. The number of para-hydroxylation sites is 1. The second kappa shape index (κ2) is 5.73. The Bertz CT molecular complexity index is 722. The van der Waals surface area contributed by atoms with Gasteiger partial charge < -0.3 is 5.32 Å². The van der Waals surface area contributed by atoms with Gasteiger partial charge in [-0.15, -0.1) is 0 Å². The van der Waals surface area contributed by atoms with Crippen LogP contribution in [0.4, 0.5) is 0 Å². The highest BCUT2D eigenvalue weighted by Crippen LogP contribution is 2.25. The maximum Gasteiger partial charge on any atom is 0.0702 e. The highest BCUT2D eigenvalue weighted by Gasteiger charge is 2.12. The maximum atomic E-state index is 4.54. The molecule has 1 N–H and O–H groups in total. The van der Waals surface area contributed by atoms with Crippen molar-refractivity contribution in [3.63, 3.8) is 0 Å². The number of hydrogen-bond donors (Lipinski definition) is 1. The Kier molecular flexibility index (Phi) is 3.81. The quantitative estimate of drug-likeness (QED) is 0.775. The topological polar surface area (TPSA) is 24.9 Å². The van der Waals surface area contributed by atoms with Crippen molar-refractivity contribution in [3.8, 4) is 0 Å². The first-order chi connectivity index (χ1) is 9.78. The molecule has 0 spiro atoms. The number of benzene rings is 2. The number of rotatable bonds is 3. The van der Waals surface area contributed by atoms with E-state index in [4.69, 9.17) is 0 Å². The minimum Gasteiger partial charge on any atom is -0.309 e. The van der Waals surface area contributed by atoms with Gasteiger partial charge in [0, 0.05) is 16.1 Å². The summed E-state index contributed by atoms with van der Waals surface area (Å²) < 4.78 is 1.09. The highest BCUT2D eigenvalue weighted by molar-refractivity contribution is 9.10. The van der Waals surface area contributed by atoms with E-state index in [0.29, 0.717) is 0 Å². The van der Waals surface area contributed by atoms with Crippen molar-refractivity contribution in [3.05, 3.63) is 76.4 Å². The Labute approximate surface area is 127 Å². The molecule has 0 aliphatic carbocycles. The summed E-state index contributed by atoms with van der Waals surface area (Å²) in [4.78, 5) is 4.54. The van der Waals surface area contributed by atoms with E-state index in [-0.39, 0.29) is 6.04 Å². The Hall–Kier alpha value is -1.71. The van der Waals surface area contributed by atoms with Gasteiger partial charge in [-0.1, -0.05) is 46.3 Å². The molecule has 1 atom stereocenters. The fourth-order valence-corrected chi connectivity index (χ4v) is 2.69. The summed E-state index contributed by atoms with van der Waals surface area (Å²) in [6, 6.07) is 18.9. The van der Waals surface area contributed by atoms with Crippen molar-refractivity contribution >= 4 is 26.8 Å². The molecule has 3 aromatic rings. The molecular weight excluding hydrogens is 312 g/mol. The van der Waals surface area contributed by atoms with E-state index in [1.54, 1.807) is 0 Å². The number of nitrogens with zero attached hydrogens (tertiary/aromatic N) is 1. The third-order valence-electron chi connectivity index (χ3n) is 3.44. The summed E-state index contributed by atoms with van der Waals surface area (Å²) in [5.74, 6) is 0. The Morgan fingerprint density at radius 2 is 1.75 bits per heavy atom. The minimum absolute atomic E-state index is 0.153. The first-order valence-corrected chi connectivity index (χ1v) is 7.34. The molecular formula is C17H15BrN2. The molecule has 0 saturated heterocycles. The number of hydrogen-bond acceptors (Lipinski definition) is 2. The van der Waals surface area contributed by atoms with Crippen molar-refractivity contribution in [2.45, 2.75) is 6.04 Å². The normalized spacial score (nSPS) is 12.5. The third-order valence-corrected chi connectivity index (χ3v) is 3.97. The van der Waals surface area contributed by atoms with Crippen LogP contribution in [0.15, 0.2) is 65.3 Å². The van der Waals surface area contributed by atoms with Gasteiger partial charge in [0.1, 0.15) is 0 Å². The van der Waals surface area contributed by atoms with Crippen LogP contribution in [0.3, 0.4) is 0 Å². The molecule has 20 heavy (non-hydrogen) atoms. The first-order valence-electron chi connectivity index (χ1n) is 6.55. The lowest BCUT2D eigenvalue weighted by atomic mass is 9.99. The summed E-state index contributed by atoms with van der Waals surface area (Å²) in [5.41, 5.74) is 3.43. The molecule has 0 aliphatic rings. The number of pyridine rings is 1. The van der Waals surface area contributed by atoms with Crippen molar-refractivity contribution in [1.29, 1.82) is 0 Å². The second-order valence-electron chi connectivity index (χ2n) is 4.73. The average molecular weight is 327 g/mol. The predicted molar refractivity (Wildman–Crippen MR) is 86.8 cm³/mol. The summed E-state index contributed by atoms with van der Waals surface area (Å²) >= 11 is 3.47. The van der Waals surface area contributed by atoms with Crippen LogP contribution >= 0.6 is 15.9 Å². The largest absolute Gasteiger partial charge is 0.309 e. The Morgan fingerprint density at radius 3 is 2.50 bits per heavy atom. The van der Waals surface area contributed by atoms with E-state index < -0.39 is 0 Å². The lowest BCUT2D eigenvalue weighted by Gasteiger charge is -2.17. The number of fused-ring (bicyclic) bond motifs is 1. The molecule has 2 aromatic carbocycles. The minimum atomic E-state index is 0.153. The van der Waals surface area contributed by atoms with Gasteiger partial charge >= 0.3 is 0 Å². The molecule has 0 amide bonds. The zero-order valence-electron chi connectivity index (χ0n) is 11.2. The molecule has 3 heteroatoms. The van der Waals surface area contributed by atoms with E-state index in [1.165, 1.54) is 16.5 Å². The van der Waals surface area contributed by atoms with Gasteiger partial charge in [-0.05, 0) is 42.4 Å². The molecule has 0 fully saturated rings. The van der Waals surface area contributed by atoms with Crippen LogP contribution < -0.4 is 5.32 Å². The third kappa shape index (κ3) is 2.60. The van der Waals surface area contributed by atoms with Gasteiger partial charge in [-0.25, -0.2) is 0 Å². The van der Waals surface area contributed by atoms with Crippen molar-refractivity contribution in [2.24, 2.45) is 0 Å². The zero-order chi connectivity index (χ0) is 13.9. The summed E-state index contributed by atoms with van der Waals surface area (Å²) in [6.07, 6.45) is 1.95. The monoisotopic (exact) mass is 326 g/mol. The van der Waals surface area contributed by atoms with E-state index in [0.717, 1.165) is 9.99 Å². The number of aromatic nitrogens is 1. The molecule has 2 nitrogen and oxygen atoms in total. The van der Waals surface area contributed by atoms with E-state index in [2.05, 4.69) is 62.6 Å². The van der Waals surface area contributed by atoms with Crippen LogP contribution in [0.1, 0.15) is 17.2 Å². The molecule has 1 aromatic heterocycles. The van der Waals surface area contributed by atoms with Crippen molar-refractivity contribution in [1.82, 2.24) is 10.3 Å². The van der Waals surface area contributed by atoms with Gasteiger partial charge in [0.2, 0.25) is 0 Å². The lowest BCUT2D eigenvalue weighted by Crippen LogP contribution is -2.17. The molecule has 3 rings (SSSR count). The van der Waals surface area contributed by atoms with Crippen LogP contribution in [0, 0.1) is 0 Å². The SMILES string of the molecule is CNC(c1ccc(Br)cc1)c1cnc2ccccc2c1. The van der Waals surface area contributed by atoms with Gasteiger partial charge in [-0.3, -0.25) is 4.98 Å². The van der Waals surface area contributed by atoms with E-state index in [9.17, 15) is 0 Å². The summed E-state index contributed by atoms with van der Waals surface area (Å²) in [5, 5.41) is 4.53. The van der Waals surface area contributed by atoms with Crippen molar-refractivity contribution < 1.29 is 0 Å². The lowest BCUT2D eigenvalue weighted by molar-refractivity contribution is 0.690. The van der Waals surface area contributed by atoms with Crippen molar-refractivity contribution in [2.75, 3.05) is 7.05 Å². The van der Waals surface area contributed by atoms with E-state index in [1.807, 2.05) is 31.4 Å². The standard InChI is InChI=1S/C17H15BrN2/c1-19-17(12-6-8-15(18)9-7-12)14-10-13-4-2-3-5-16(13)20-11-14/h2-11,17,19H,1H3. The van der Waals surface area contributed by atoms with E-state index >= 15 is 0 Å². The molecule has 0 radical (unpaired) electrons. The smallest absolute Gasteiger partial charge is 0.0702 e. The first kappa shape index (κ1) is 13.3. The van der Waals surface area contributed by atoms with Gasteiger partial charge in [0.25, 0.3) is 0 Å². The molecule has 100 valence electrons. The van der Waals surface area contributed by atoms with Gasteiger partial charge in [0.05, 0.1) is 11.6 Å². The Balaban J connectivity index is 2.04. The highest BCUT2D eigenvalue weighted by atomic mass is 79.9.